The number of aryl methyl sites for hydroxylation is 1. The van der Waals surface area contributed by atoms with Crippen LogP contribution in [-0.2, 0) is 16.0 Å². The number of carbonyl (C=O) groups is 1. The molecule has 0 heterocycles. The summed E-state index contributed by atoms with van der Waals surface area (Å²) in [4.78, 5) is 11.9. The minimum absolute atomic E-state index is 0.0924. The molecule has 0 N–H and O–H groups in total. The SMILES string of the molecule is COC(=O)C(C/C=C/c1ccccc1)CCc1ccccc1. The number of ether oxygens (including phenoxy) is 1. The molecule has 0 aromatic heterocycles. The fraction of sp³-hybridized carbons (Fsp3) is 0.250. The molecule has 0 aliphatic heterocycles. The highest BCUT2D eigenvalue weighted by atomic mass is 16.5. The standard InChI is InChI=1S/C20H22O2/c1-22-20(21)19(16-15-18-11-6-3-7-12-18)14-8-13-17-9-4-2-5-10-17/h2-13,19H,14-16H2,1H3/b13-8+. The third-order valence-electron chi connectivity index (χ3n) is 3.69. The van der Waals surface area contributed by atoms with Crippen LogP contribution in [-0.4, -0.2) is 13.1 Å². The van der Waals surface area contributed by atoms with Gasteiger partial charge in [0.15, 0.2) is 0 Å². The zero-order valence-electron chi connectivity index (χ0n) is 12.9. The minimum Gasteiger partial charge on any atom is -0.469 e. The van der Waals surface area contributed by atoms with Crippen molar-refractivity contribution in [3.05, 3.63) is 77.9 Å². The zero-order valence-corrected chi connectivity index (χ0v) is 12.9. The molecule has 114 valence electrons. The van der Waals surface area contributed by atoms with Gasteiger partial charge >= 0.3 is 5.97 Å². The van der Waals surface area contributed by atoms with Crippen molar-refractivity contribution in [2.45, 2.75) is 19.3 Å². The van der Waals surface area contributed by atoms with Gasteiger partial charge < -0.3 is 4.74 Å². The van der Waals surface area contributed by atoms with E-state index in [-0.39, 0.29) is 11.9 Å². The van der Waals surface area contributed by atoms with Gasteiger partial charge in [0.1, 0.15) is 0 Å². The summed E-state index contributed by atoms with van der Waals surface area (Å²) in [6.45, 7) is 0. The summed E-state index contributed by atoms with van der Waals surface area (Å²) in [5.74, 6) is -0.223. The van der Waals surface area contributed by atoms with Gasteiger partial charge in [-0.1, -0.05) is 72.8 Å². The highest BCUT2D eigenvalue weighted by molar-refractivity contribution is 5.72. The molecular weight excluding hydrogens is 272 g/mol. The molecule has 2 aromatic carbocycles. The van der Waals surface area contributed by atoms with E-state index in [0.717, 1.165) is 18.4 Å². The largest absolute Gasteiger partial charge is 0.469 e. The predicted molar refractivity (Wildman–Crippen MR) is 90.4 cm³/mol. The number of hydrogen-bond acceptors (Lipinski definition) is 2. The first-order chi connectivity index (χ1) is 10.8. The maximum Gasteiger partial charge on any atom is 0.308 e. The molecule has 1 unspecified atom stereocenters. The Kier molecular flexibility index (Phi) is 6.43. The summed E-state index contributed by atoms with van der Waals surface area (Å²) in [6, 6.07) is 20.3. The number of allylic oxidation sites excluding steroid dienone is 1. The number of hydrogen-bond donors (Lipinski definition) is 0. The Balaban J connectivity index is 1.92. The number of benzene rings is 2. The van der Waals surface area contributed by atoms with E-state index >= 15 is 0 Å². The smallest absolute Gasteiger partial charge is 0.308 e. The van der Waals surface area contributed by atoms with Crippen LogP contribution in [0, 0.1) is 5.92 Å². The molecule has 0 bridgehead atoms. The first-order valence-corrected chi connectivity index (χ1v) is 7.63. The molecule has 0 aliphatic carbocycles. The van der Waals surface area contributed by atoms with Crippen molar-refractivity contribution in [3.63, 3.8) is 0 Å². The molecular formula is C20H22O2. The quantitative estimate of drug-likeness (QED) is 0.702. The van der Waals surface area contributed by atoms with Crippen LogP contribution in [0.15, 0.2) is 66.7 Å². The van der Waals surface area contributed by atoms with Crippen LogP contribution in [0.25, 0.3) is 6.08 Å². The van der Waals surface area contributed by atoms with Crippen molar-refractivity contribution >= 4 is 12.0 Å². The molecule has 0 aliphatic rings. The Hall–Kier alpha value is -2.35. The lowest BCUT2D eigenvalue weighted by Crippen LogP contribution is -2.16. The van der Waals surface area contributed by atoms with E-state index in [0.29, 0.717) is 6.42 Å². The van der Waals surface area contributed by atoms with Crippen molar-refractivity contribution in [2.75, 3.05) is 7.11 Å². The molecule has 2 heteroatoms. The van der Waals surface area contributed by atoms with E-state index in [1.807, 2.05) is 48.5 Å². The zero-order chi connectivity index (χ0) is 15.6. The first-order valence-electron chi connectivity index (χ1n) is 7.63. The maximum absolute atomic E-state index is 11.9. The van der Waals surface area contributed by atoms with Crippen molar-refractivity contribution in [1.29, 1.82) is 0 Å². The van der Waals surface area contributed by atoms with Gasteiger partial charge in [0, 0.05) is 0 Å². The van der Waals surface area contributed by atoms with Crippen LogP contribution in [0.4, 0.5) is 0 Å². The number of esters is 1. The van der Waals surface area contributed by atoms with E-state index < -0.39 is 0 Å². The third-order valence-corrected chi connectivity index (χ3v) is 3.69. The molecule has 0 spiro atoms. The molecule has 22 heavy (non-hydrogen) atoms. The van der Waals surface area contributed by atoms with Gasteiger partial charge in [-0.2, -0.15) is 0 Å². The lowest BCUT2D eigenvalue weighted by atomic mass is 9.96. The van der Waals surface area contributed by atoms with Crippen LogP contribution in [0.2, 0.25) is 0 Å². The second-order valence-corrected chi connectivity index (χ2v) is 5.29. The number of rotatable bonds is 7. The Morgan fingerprint density at radius 2 is 1.68 bits per heavy atom. The highest BCUT2D eigenvalue weighted by Gasteiger charge is 2.17. The van der Waals surface area contributed by atoms with E-state index in [2.05, 4.69) is 24.3 Å². The van der Waals surface area contributed by atoms with Gasteiger partial charge in [-0.3, -0.25) is 4.79 Å². The normalized spacial score (nSPS) is 12.2. The van der Waals surface area contributed by atoms with E-state index in [1.54, 1.807) is 0 Å². The second kappa shape index (κ2) is 8.83. The van der Waals surface area contributed by atoms with Crippen molar-refractivity contribution < 1.29 is 9.53 Å². The summed E-state index contributed by atoms with van der Waals surface area (Å²) in [5, 5.41) is 0. The topological polar surface area (TPSA) is 26.3 Å². The molecule has 0 amide bonds. The Morgan fingerprint density at radius 1 is 1.05 bits per heavy atom. The Bertz CT molecular complexity index is 588. The van der Waals surface area contributed by atoms with Gasteiger partial charge in [0.2, 0.25) is 0 Å². The Morgan fingerprint density at radius 3 is 2.32 bits per heavy atom. The van der Waals surface area contributed by atoms with Gasteiger partial charge in [0.05, 0.1) is 13.0 Å². The van der Waals surface area contributed by atoms with E-state index in [4.69, 9.17) is 4.74 Å². The first kappa shape index (κ1) is 16.0. The second-order valence-electron chi connectivity index (χ2n) is 5.29. The average Bonchev–Trinajstić information content (AvgIpc) is 2.59. The van der Waals surface area contributed by atoms with Crippen molar-refractivity contribution in [2.24, 2.45) is 5.92 Å². The maximum atomic E-state index is 11.9. The molecule has 2 aromatic rings. The van der Waals surface area contributed by atoms with Crippen LogP contribution < -0.4 is 0 Å². The van der Waals surface area contributed by atoms with Crippen LogP contribution >= 0.6 is 0 Å². The molecule has 0 radical (unpaired) electrons. The number of methoxy groups -OCH3 is 1. The summed E-state index contributed by atoms with van der Waals surface area (Å²) in [5.41, 5.74) is 2.40. The van der Waals surface area contributed by atoms with E-state index in [9.17, 15) is 4.79 Å². The van der Waals surface area contributed by atoms with Crippen LogP contribution in [0.5, 0.6) is 0 Å². The predicted octanol–water partition coefficient (Wildman–Crippen LogP) is 4.51. The van der Waals surface area contributed by atoms with E-state index in [1.165, 1.54) is 12.7 Å². The van der Waals surface area contributed by atoms with Gasteiger partial charge in [-0.25, -0.2) is 0 Å². The lowest BCUT2D eigenvalue weighted by molar-refractivity contribution is -0.145. The molecule has 2 nitrogen and oxygen atoms in total. The molecule has 0 saturated heterocycles. The molecule has 1 atom stereocenters. The monoisotopic (exact) mass is 294 g/mol. The van der Waals surface area contributed by atoms with Crippen molar-refractivity contribution in [3.8, 4) is 0 Å². The fourth-order valence-electron chi connectivity index (χ4n) is 2.42. The molecule has 0 fully saturated rings. The highest BCUT2D eigenvalue weighted by Crippen LogP contribution is 2.16. The fourth-order valence-corrected chi connectivity index (χ4v) is 2.42. The van der Waals surface area contributed by atoms with Gasteiger partial charge in [-0.05, 0) is 30.4 Å². The average molecular weight is 294 g/mol. The lowest BCUT2D eigenvalue weighted by Gasteiger charge is -2.12. The Labute approximate surface area is 132 Å². The van der Waals surface area contributed by atoms with Crippen molar-refractivity contribution in [1.82, 2.24) is 0 Å². The summed E-state index contributed by atoms with van der Waals surface area (Å²) in [7, 11) is 1.46. The number of carbonyl (C=O) groups excluding carboxylic acids is 1. The third kappa shape index (κ3) is 5.21. The minimum atomic E-state index is -0.131. The summed E-state index contributed by atoms with van der Waals surface area (Å²) < 4.78 is 4.93. The summed E-state index contributed by atoms with van der Waals surface area (Å²) in [6.07, 6.45) is 6.50. The molecule has 0 saturated carbocycles. The molecule has 2 rings (SSSR count). The van der Waals surface area contributed by atoms with Gasteiger partial charge in [-0.15, -0.1) is 0 Å². The van der Waals surface area contributed by atoms with Crippen LogP contribution in [0.3, 0.4) is 0 Å². The van der Waals surface area contributed by atoms with Crippen LogP contribution in [0.1, 0.15) is 24.0 Å². The van der Waals surface area contributed by atoms with Gasteiger partial charge in [0.25, 0.3) is 0 Å². The summed E-state index contributed by atoms with van der Waals surface area (Å²) >= 11 is 0.